The van der Waals surface area contributed by atoms with Crippen molar-refractivity contribution in [3.05, 3.63) is 23.8 Å². The minimum absolute atomic E-state index is 0.0705. The molecule has 0 aromatic heterocycles. The Balaban J connectivity index is 2.28. The molecule has 2 N–H and O–H groups in total. The highest BCUT2D eigenvalue weighted by Crippen LogP contribution is 2.25. The van der Waals surface area contributed by atoms with Crippen LogP contribution in [0.2, 0.25) is 0 Å². The number of nitrogens with zero attached hydrogens (tertiary/aromatic N) is 1. The second kappa shape index (κ2) is 6.09. The van der Waals surface area contributed by atoms with E-state index in [1.807, 2.05) is 7.05 Å². The number of hydrogen-bond donors (Lipinski definition) is 2. The topological polar surface area (TPSA) is 78.9 Å². The summed E-state index contributed by atoms with van der Waals surface area (Å²) in [5.41, 5.74) is 0.537. The van der Waals surface area contributed by atoms with Crippen LogP contribution in [0.5, 0.6) is 5.75 Å². The fraction of sp³-hybridized carbons (Fsp3) is 0.538. The first-order valence-electron chi connectivity index (χ1n) is 6.45. The van der Waals surface area contributed by atoms with Crippen LogP contribution in [0.3, 0.4) is 0 Å². The van der Waals surface area contributed by atoms with Crippen molar-refractivity contribution in [2.45, 2.75) is 24.0 Å². The molecule has 1 aliphatic heterocycles. The van der Waals surface area contributed by atoms with Crippen molar-refractivity contribution in [3.8, 4) is 5.75 Å². The number of hydrogen-bond acceptors (Lipinski definition) is 5. The molecule has 112 valence electrons. The van der Waals surface area contributed by atoms with Crippen LogP contribution in [-0.2, 0) is 16.6 Å². The number of benzene rings is 1. The molecule has 1 aromatic rings. The van der Waals surface area contributed by atoms with Gasteiger partial charge in [0.2, 0.25) is 10.0 Å². The van der Waals surface area contributed by atoms with Crippen LogP contribution in [0.25, 0.3) is 0 Å². The normalized spacial score (nSPS) is 20.2. The lowest BCUT2D eigenvalue weighted by Gasteiger charge is -2.16. The number of nitrogens with one attached hydrogen (secondary N) is 1. The van der Waals surface area contributed by atoms with E-state index >= 15 is 0 Å². The summed E-state index contributed by atoms with van der Waals surface area (Å²) in [6, 6.07) is 4.55. The Morgan fingerprint density at radius 1 is 1.50 bits per heavy atom. The third-order valence-corrected chi connectivity index (χ3v) is 4.95. The van der Waals surface area contributed by atoms with Gasteiger partial charge in [-0.25, -0.2) is 13.1 Å². The summed E-state index contributed by atoms with van der Waals surface area (Å²) in [6.07, 6.45) is 0.789. The molecule has 1 aromatic carbocycles. The van der Waals surface area contributed by atoms with Gasteiger partial charge in [0.05, 0.1) is 13.7 Å². The van der Waals surface area contributed by atoms with Gasteiger partial charge >= 0.3 is 0 Å². The van der Waals surface area contributed by atoms with Crippen molar-refractivity contribution < 1.29 is 18.3 Å². The monoisotopic (exact) mass is 300 g/mol. The van der Waals surface area contributed by atoms with E-state index in [4.69, 9.17) is 9.84 Å². The average molecular weight is 300 g/mol. The van der Waals surface area contributed by atoms with Gasteiger partial charge in [-0.2, -0.15) is 0 Å². The Hall–Kier alpha value is -1.15. The Labute approximate surface area is 119 Å². The predicted octanol–water partition coefficient (Wildman–Crippen LogP) is 0.170. The molecule has 20 heavy (non-hydrogen) atoms. The van der Waals surface area contributed by atoms with Gasteiger partial charge in [0.15, 0.2) is 0 Å². The number of likely N-dealkylation sites (tertiary alicyclic amines) is 1. The molecule has 0 saturated carbocycles. The van der Waals surface area contributed by atoms with E-state index in [9.17, 15) is 8.42 Å². The smallest absolute Gasteiger partial charge is 0.244 e. The maximum Gasteiger partial charge on any atom is 0.244 e. The summed E-state index contributed by atoms with van der Waals surface area (Å²) < 4.78 is 32.7. The average Bonchev–Trinajstić information content (AvgIpc) is 2.82. The van der Waals surface area contributed by atoms with Gasteiger partial charge in [-0.3, -0.25) is 0 Å². The molecule has 1 fully saturated rings. The molecule has 1 unspecified atom stereocenters. The molecule has 6 nitrogen and oxygen atoms in total. The maximum atomic E-state index is 12.5. The zero-order valence-electron chi connectivity index (χ0n) is 11.7. The molecular weight excluding hydrogens is 280 g/mol. The standard InChI is InChI=1S/C13H20N2O4S/c1-15-6-5-11(8-15)14-20(17,18)13-7-10(9-16)3-4-12(13)19-2/h3-4,7,11,14,16H,5-6,8-9H2,1-2H3. The van der Waals surface area contributed by atoms with Crippen LogP contribution < -0.4 is 9.46 Å². The second-order valence-corrected chi connectivity index (χ2v) is 6.69. The fourth-order valence-corrected chi connectivity index (χ4v) is 3.82. The Morgan fingerprint density at radius 2 is 2.25 bits per heavy atom. The molecule has 2 rings (SSSR count). The molecule has 1 saturated heterocycles. The van der Waals surface area contributed by atoms with E-state index in [2.05, 4.69) is 9.62 Å². The summed E-state index contributed by atoms with van der Waals surface area (Å²) in [7, 11) is -0.269. The molecule has 0 bridgehead atoms. The van der Waals surface area contributed by atoms with Gasteiger partial charge in [0, 0.05) is 12.6 Å². The maximum absolute atomic E-state index is 12.5. The van der Waals surface area contributed by atoms with Gasteiger partial charge in [-0.05, 0) is 37.7 Å². The van der Waals surface area contributed by atoms with Crippen molar-refractivity contribution in [3.63, 3.8) is 0 Å². The van der Waals surface area contributed by atoms with E-state index in [0.29, 0.717) is 12.1 Å². The van der Waals surface area contributed by atoms with Crippen LogP contribution in [0.15, 0.2) is 23.1 Å². The molecule has 0 amide bonds. The minimum atomic E-state index is -3.66. The van der Waals surface area contributed by atoms with Crippen LogP contribution in [0, 0.1) is 0 Å². The zero-order valence-corrected chi connectivity index (χ0v) is 12.5. The number of aliphatic hydroxyl groups is 1. The zero-order chi connectivity index (χ0) is 14.8. The van der Waals surface area contributed by atoms with E-state index in [1.54, 1.807) is 12.1 Å². The number of methoxy groups -OCH3 is 1. The summed E-state index contributed by atoms with van der Waals surface area (Å²) in [4.78, 5) is 2.15. The summed E-state index contributed by atoms with van der Waals surface area (Å²) in [5, 5.41) is 9.15. The molecular formula is C13H20N2O4S. The van der Waals surface area contributed by atoms with Crippen LogP contribution >= 0.6 is 0 Å². The number of sulfonamides is 1. The van der Waals surface area contributed by atoms with E-state index < -0.39 is 10.0 Å². The van der Waals surface area contributed by atoms with E-state index in [1.165, 1.54) is 13.2 Å². The van der Waals surface area contributed by atoms with Crippen molar-refractivity contribution in [2.24, 2.45) is 0 Å². The lowest BCUT2D eigenvalue weighted by molar-refractivity contribution is 0.281. The lowest BCUT2D eigenvalue weighted by Crippen LogP contribution is -2.36. The predicted molar refractivity (Wildman–Crippen MR) is 75.1 cm³/mol. The van der Waals surface area contributed by atoms with Gasteiger partial charge < -0.3 is 14.7 Å². The van der Waals surface area contributed by atoms with Crippen molar-refractivity contribution in [1.29, 1.82) is 0 Å². The summed E-state index contributed by atoms with van der Waals surface area (Å²) in [6.45, 7) is 1.36. The highest BCUT2D eigenvalue weighted by molar-refractivity contribution is 7.89. The van der Waals surface area contributed by atoms with Crippen molar-refractivity contribution >= 4 is 10.0 Å². The van der Waals surface area contributed by atoms with Crippen molar-refractivity contribution in [1.82, 2.24) is 9.62 Å². The van der Waals surface area contributed by atoms with E-state index in [0.717, 1.165) is 13.0 Å². The largest absolute Gasteiger partial charge is 0.495 e. The Morgan fingerprint density at radius 3 is 2.80 bits per heavy atom. The quantitative estimate of drug-likeness (QED) is 0.810. The Bertz CT molecular complexity index is 574. The van der Waals surface area contributed by atoms with Gasteiger partial charge in [0.25, 0.3) is 0 Å². The lowest BCUT2D eigenvalue weighted by atomic mass is 10.2. The van der Waals surface area contributed by atoms with Crippen LogP contribution in [-0.4, -0.2) is 51.7 Å². The third-order valence-electron chi connectivity index (χ3n) is 3.41. The second-order valence-electron chi connectivity index (χ2n) is 5.01. The minimum Gasteiger partial charge on any atom is -0.495 e. The molecule has 1 atom stereocenters. The van der Waals surface area contributed by atoms with Gasteiger partial charge in [0.1, 0.15) is 10.6 Å². The Kier molecular flexibility index (Phi) is 4.64. The number of aliphatic hydroxyl groups excluding tert-OH is 1. The summed E-state index contributed by atoms with van der Waals surface area (Å²) >= 11 is 0. The first kappa shape index (κ1) is 15.2. The number of rotatable bonds is 5. The number of ether oxygens (including phenoxy) is 1. The van der Waals surface area contributed by atoms with Gasteiger partial charge in [-0.1, -0.05) is 6.07 Å². The molecule has 0 aliphatic carbocycles. The molecule has 1 heterocycles. The van der Waals surface area contributed by atoms with E-state index in [-0.39, 0.29) is 23.3 Å². The first-order chi connectivity index (χ1) is 9.46. The first-order valence-corrected chi connectivity index (χ1v) is 7.93. The third kappa shape index (κ3) is 3.29. The number of likely N-dealkylation sites (N-methyl/N-ethyl adjacent to an activating group) is 1. The molecule has 0 radical (unpaired) electrons. The molecule has 7 heteroatoms. The van der Waals surface area contributed by atoms with Gasteiger partial charge in [-0.15, -0.1) is 0 Å². The van der Waals surface area contributed by atoms with Crippen LogP contribution in [0.4, 0.5) is 0 Å². The highest BCUT2D eigenvalue weighted by atomic mass is 32.2. The van der Waals surface area contributed by atoms with Crippen LogP contribution in [0.1, 0.15) is 12.0 Å². The molecule has 0 spiro atoms. The molecule has 1 aliphatic rings. The fourth-order valence-electron chi connectivity index (χ4n) is 2.34. The summed E-state index contributed by atoms with van der Waals surface area (Å²) in [5.74, 6) is 0.279. The SMILES string of the molecule is COc1ccc(CO)cc1S(=O)(=O)NC1CCN(C)C1. The highest BCUT2D eigenvalue weighted by Gasteiger charge is 2.27. The van der Waals surface area contributed by atoms with Crippen molar-refractivity contribution in [2.75, 3.05) is 27.2 Å².